The summed E-state index contributed by atoms with van der Waals surface area (Å²) in [6, 6.07) is 0.173. The number of hydrogen-bond acceptors (Lipinski definition) is 3. The highest BCUT2D eigenvalue weighted by Crippen LogP contribution is 2.13. The summed E-state index contributed by atoms with van der Waals surface area (Å²) < 4.78 is 5.33. The van der Waals surface area contributed by atoms with Gasteiger partial charge in [-0.3, -0.25) is 4.79 Å². The van der Waals surface area contributed by atoms with E-state index in [-0.39, 0.29) is 18.1 Å². The van der Waals surface area contributed by atoms with Crippen molar-refractivity contribution in [2.45, 2.75) is 45.3 Å². The molecule has 4 nitrogen and oxygen atoms in total. The van der Waals surface area contributed by atoms with E-state index in [0.29, 0.717) is 19.1 Å². The Balaban J connectivity index is 2.38. The largest absolute Gasteiger partial charge is 0.368 e. The smallest absolute Gasteiger partial charge is 0.249 e. The monoisotopic (exact) mass is 214 g/mol. The molecule has 4 heteroatoms. The van der Waals surface area contributed by atoms with E-state index in [1.165, 1.54) is 0 Å². The Morgan fingerprint density at radius 1 is 1.60 bits per heavy atom. The van der Waals surface area contributed by atoms with Crippen LogP contribution in [0.1, 0.15) is 33.1 Å². The van der Waals surface area contributed by atoms with E-state index in [1.807, 2.05) is 0 Å². The highest BCUT2D eigenvalue weighted by molar-refractivity contribution is 5.81. The van der Waals surface area contributed by atoms with Gasteiger partial charge in [0.1, 0.15) is 6.10 Å². The van der Waals surface area contributed by atoms with Crippen LogP contribution in [-0.4, -0.2) is 31.2 Å². The summed E-state index contributed by atoms with van der Waals surface area (Å²) >= 11 is 0. The van der Waals surface area contributed by atoms with Gasteiger partial charge in [0.15, 0.2) is 0 Å². The molecule has 1 saturated heterocycles. The molecule has 1 aliphatic heterocycles. The maximum absolute atomic E-state index is 11.8. The molecule has 0 spiro atoms. The zero-order valence-corrected chi connectivity index (χ0v) is 9.66. The van der Waals surface area contributed by atoms with E-state index in [2.05, 4.69) is 19.2 Å². The highest BCUT2D eigenvalue weighted by atomic mass is 16.5. The van der Waals surface area contributed by atoms with Gasteiger partial charge in [0.2, 0.25) is 5.91 Å². The van der Waals surface area contributed by atoms with Crippen LogP contribution in [0.2, 0.25) is 0 Å². The average Bonchev–Trinajstić information content (AvgIpc) is 2.69. The van der Waals surface area contributed by atoms with E-state index in [1.54, 1.807) is 0 Å². The molecule has 15 heavy (non-hydrogen) atoms. The molecule has 0 radical (unpaired) electrons. The van der Waals surface area contributed by atoms with Crippen molar-refractivity contribution in [3.8, 4) is 0 Å². The van der Waals surface area contributed by atoms with Crippen LogP contribution in [0.25, 0.3) is 0 Å². The third-order valence-electron chi connectivity index (χ3n) is 2.83. The van der Waals surface area contributed by atoms with Gasteiger partial charge in [0, 0.05) is 12.6 Å². The lowest BCUT2D eigenvalue weighted by atomic mass is 10.0. The number of carbonyl (C=O) groups excluding carboxylic acids is 1. The quantitative estimate of drug-likeness (QED) is 0.706. The molecule has 0 aliphatic carbocycles. The number of nitrogens with one attached hydrogen (secondary N) is 1. The minimum Gasteiger partial charge on any atom is -0.368 e. The van der Waals surface area contributed by atoms with Crippen LogP contribution in [-0.2, 0) is 9.53 Å². The van der Waals surface area contributed by atoms with E-state index in [0.717, 1.165) is 19.3 Å². The lowest BCUT2D eigenvalue weighted by Crippen LogP contribution is -2.44. The topological polar surface area (TPSA) is 64.3 Å². The lowest BCUT2D eigenvalue weighted by molar-refractivity contribution is -0.131. The molecular formula is C11H22N2O2. The second kappa shape index (κ2) is 6.08. The van der Waals surface area contributed by atoms with Gasteiger partial charge in [0.05, 0.1) is 0 Å². The minimum absolute atomic E-state index is 0.0275. The number of nitrogens with two attached hydrogens (primary N) is 1. The predicted molar refractivity (Wildman–Crippen MR) is 59.4 cm³/mol. The van der Waals surface area contributed by atoms with Gasteiger partial charge in [-0.2, -0.15) is 0 Å². The van der Waals surface area contributed by atoms with Crippen molar-refractivity contribution >= 4 is 5.91 Å². The molecule has 0 bridgehead atoms. The SMILES string of the molecule is CC(C)C(CCN)NC(=O)C1CCCO1. The molecular weight excluding hydrogens is 192 g/mol. The number of hydrogen-bond donors (Lipinski definition) is 2. The van der Waals surface area contributed by atoms with Crippen molar-refractivity contribution in [2.75, 3.05) is 13.2 Å². The fourth-order valence-electron chi connectivity index (χ4n) is 1.81. The summed E-state index contributed by atoms with van der Waals surface area (Å²) in [6.45, 7) is 5.50. The molecule has 88 valence electrons. The number of ether oxygens (including phenoxy) is 1. The van der Waals surface area contributed by atoms with Crippen molar-refractivity contribution in [2.24, 2.45) is 11.7 Å². The van der Waals surface area contributed by atoms with Gasteiger partial charge < -0.3 is 15.8 Å². The second-order valence-electron chi connectivity index (χ2n) is 4.44. The highest BCUT2D eigenvalue weighted by Gasteiger charge is 2.26. The lowest BCUT2D eigenvalue weighted by Gasteiger charge is -2.23. The Bertz CT molecular complexity index is 201. The number of amides is 1. The first-order valence-electron chi connectivity index (χ1n) is 5.77. The van der Waals surface area contributed by atoms with Crippen molar-refractivity contribution < 1.29 is 9.53 Å². The Morgan fingerprint density at radius 3 is 2.80 bits per heavy atom. The minimum atomic E-state index is -0.232. The molecule has 0 saturated carbocycles. The third-order valence-corrected chi connectivity index (χ3v) is 2.83. The Morgan fingerprint density at radius 2 is 2.33 bits per heavy atom. The van der Waals surface area contributed by atoms with Gasteiger partial charge in [-0.25, -0.2) is 0 Å². The maximum atomic E-state index is 11.8. The van der Waals surface area contributed by atoms with Crippen molar-refractivity contribution in [3.05, 3.63) is 0 Å². The zero-order chi connectivity index (χ0) is 11.3. The molecule has 0 aromatic carbocycles. The van der Waals surface area contributed by atoms with E-state index >= 15 is 0 Å². The summed E-state index contributed by atoms with van der Waals surface area (Å²) in [4.78, 5) is 11.8. The van der Waals surface area contributed by atoms with E-state index in [9.17, 15) is 4.79 Å². The van der Waals surface area contributed by atoms with Crippen LogP contribution in [0.15, 0.2) is 0 Å². The average molecular weight is 214 g/mol. The second-order valence-corrected chi connectivity index (χ2v) is 4.44. The zero-order valence-electron chi connectivity index (χ0n) is 9.66. The van der Waals surface area contributed by atoms with Gasteiger partial charge in [-0.1, -0.05) is 13.8 Å². The molecule has 1 aliphatic rings. The third kappa shape index (κ3) is 3.80. The molecule has 1 fully saturated rings. The van der Waals surface area contributed by atoms with Crippen molar-refractivity contribution in [3.63, 3.8) is 0 Å². The summed E-state index contributed by atoms with van der Waals surface area (Å²) in [6.07, 6.45) is 2.43. The van der Waals surface area contributed by atoms with Crippen LogP contribution >= 0.6 is 0 Å². The van der Waals surface area contributed by atoms with Crippen LogP contribution in [0.4, 0.5) is 0 Å². The summed E-state index contributed by atoms with van der Waals surface area (Å²) in [5, 5.41) is 3.02. The molecule has 2 unspecified atom stereocenters. The fraction of sp³-hybridized carbons (Fsp3) is 0.909. The standard InChI is InChI=1S/C11H22N2O2/c1-8(2)9(5-6-12)13-11(14)10-4-3-7-15-10/h8-10H,3-7,12H2,1-2H3,(H,13,14). The van der Waals surface area contributed by atoms with Crippen LogP contribution in [0, 0.1) is 5.92 Å². The Hall–Kier alpha value is -0.610. The summed E-state index contributed by atoms with van der Waals surface area (Å²) in [5.41, 5.74) is 5.51. The van der Waals surface area contributed by atoms with Gasteiger partial charge in [-0.05, 0) is 31.7 Å². The molecule has 1 heterocycles. The predicted octanol–water partition coefficient (Wildman–Crippen LogP) is 0.655. The molecule has 1 rings (SSSR count). The van der Waals surface area contributed by atoms with Crippen molar-refractivity contribution in [1.82, 2.24) is 5.32 Å². The first kappa shape index (κ1) is 12.5. The van der Waals surface area contributed by atoms with Crippen LogP contribution in [0.5, 0.6) is 0 Å². The number of carbonyl (C=O) groups is 1. The van der Waals surface area contributed by atoms with Gasteiger partial charge in [0.25, 0.3) is 0 Å². The molecule has 3 N–H and O–H groups in total. The van der Waals surface area contributed by atoms with Crippen LogP contribution < -0.4 is 11.1 Å². The fourth-order valence-corrected chi connectivity index (χ4v) is 1.81. The summed E-state index contributed by atoms with van der Waals surface area (Å²) in [7, 11) is 0. The van der Waals surface area contributed by atoms with E-state index < -0.39 is 0 Å². The van der Waals surface area contributed by atoms with E-state index in [4.69, 9.17) is 10.5 Å². The normalized spacial score (nSPS) is 23.1. The van der Waals surface area contributed by atoms with Gasteiger partial charge >= 0.3 is 0 Å². The van der Waals surface area contributed by atoms with Crippen LogP contribution in [0.3, 0.4) is 0 Å². The first-order chi connectivity index (χ1) is 7.15. The first-order valence-corrected chi connectivity index (χ1v) is 5.77. The van der Waals surface area contributed by atoms with Gasteiger partial charge in [-0.15, -0.1) is 0 Å². The molecule has 1 amide bonds. The Labute approximate surface area is 91.5 Å². The summed E-state index contributed by atoms with van der Waals surface area (Å²) in [5.74, 6) is 0.443. The van der Waals surface area contributed by atoms with Crippen molar-refractivity contribution in [1.29, 1.82) is 0 Å². The molecule has 2 atom stereocenters. The number of rotatable bonds is 5. The maximum Gasteiger partial charge on any atom is 0.249 e. The molecule has 0 aromatic rings. The molecule has 0 aromatic heterocycles. The Kier molecular flexibility index (Phi) is 5.05.